The van der Waals surface area contributed by atoms with E-state index in [1.165, 1.54) is 5.56 Å². The lowest BCUT2D eigenvalue weighted by Crippen LogP contribution is -2.36. The molecule has 3 rings (SSSR count). The number of halogens is 1. The average molecular weight is 377 g/mol. The van der Waals surface area contributed by atoms with Gasteiger partial charge in [0.25, 0.3) is 5.91 Å². The maximum Gasteiger partial charge on any atom is 0.272 e. The molecule has 1 aliphatic heterocycles. The summed E-state index contributed by atoms with van der Waals surface area (Å²) in [7, 11) is 3.24. The largest absolute Gasteiger partial charge is 0.493 e. The molecule has 1 amide bonds. The number of pyridine rings is 1. The first-order valence-electron chi connectivity index (χ1n) is 7.27. The van der Waals surface area contributed by atoms with Gasteiger partial charge in [-0.3, -0.25) is 4.79 Å². The van der Waals surface area contributed by atoms with E-state index in [2.05, 4.69) is 20.9 Å². The van der Waals surface area contributed by atoms with Crippen LogP contribution in [0, 0.1) is 0 Å². The minimum absolute atomic E-state index is 0.0575. The molecule has 0 bridgehead atoms. The molecule has 0 radical (unpaired) electrons. The van der Waals surface area contributed by atoms with Crippen LogP contribution in [0.1, 0.15) is 21.6 Å². The summed E-state index contributed by atoms with van der Waals surface area (Å²) in [6.45, 7) is 1.21. The lowest BCUT2D eigenvalue weighted by Gasteiger charge is -2.29. The summed E-state index contributed by atoms with van der Waals surface area (Å²) in [6.07, 6.45) is 2.43. The van der Waals surface area contributed by atoms with Crippen LogP contribution in [0.15, 0.2) is 34.9 Å². The Labute approximate surface area is 143 Å². The smallest absolute Gasteiger partial charge is 0.272 e. The Morgan fingerprint density at radius 3 is 2.48 bits per heavy atom. The molecule has 0 aliphatic carbocycles. The fourth-order valence-corrected chi connectivity index (χ4v) is 2.96. The summed E-state index contributed by atoms with van der Waals surface area (Å²) in [5.74, 6) is 1.35. The zero-order chi connectivity index (χ0) is 16.4. The Morgan fingerprint density at radius 1 is 1.17 bits per heavy atom. The maximum absolute atomic E-state index is 12.6. The summed E-state index contributed by atoms with van der Waals surface area (Å²) in [5, 5.41) is 0. The molecule has 5 nitrogen and oxygen atoms in total. The van der Waals surface area contributed by atoms with Gasteiger partial charge in [0.2, 0.25) is 0 Å². The molecule has 1 aromatic heterocycles. The SMILES string of the molecule is COc1cc2c(cc1OC)CN(C(=O)c1ccc(Br)cn1)CC2. The fourth-order valence-electron chi connectivity index (χ4n) is 2.72. The van der Waals surface area contributed by atoms with Gasteiger partial charge in [-0.05, 0) is 57.7 Å². The number of hydrogen-bond donors (Lipinski definition) is 0. The predicted molar refractivity (Wildman–Crippen MR) is 89.9 cm³/mol. The normalized spacial score (nSPS) is 13.4. The Balaban J connectivity index is 1.84. The summed E-state index contributed by atoms with van der Waals surface area (Å²) < 4.78 is 11.5. The van der Waals surface area contributed by atoms with Crippen LogP contribution in [-0.2, 0) is 13.0 Å². The highest BCUT2D eigenvalue weighted by atomic mass is 79.9. The van der Waals surface area contributed by atoms with Crippen LogP contribution >= 0.6 is 15.9 Å². The Kier molecular flexibility index (Phi) is 4.52. The van der Waals surface area contributed by atoms with Gasteiger partial charge in [0.15, 0.2) is 11.5 Å². The van der Waals surface area contributed by atoms with Crippen LogP contribution in [0.2, 0.25) is 0 Å². The minimum Gasteiger partial charge on any atom is -0.493 e. The Bertz CT molecular complexity index is 731. The molecule has 0 spiro atoms. The van der Waals surface area contributed by atoms with Gasteiger partial charge in [0.1, 0.15) is 5.69 Å². The molecular weight excluding hydrogens is 360 g/mol. The van der Waals surface area contributed by atoms with Crippen LogP contribution in [0.3, 0.4) is 0 Å². The third-order valence-corrected chi connectivity index (χ3v) is 4.42. The highest BCUT2D eigenvalue weighted by Gasteiger charge is 2.24. The molecule has 23 heavy (non-hydrogen) atoms. The second kappa shape index (κ2) is 6.58. The molecule has 0 atom stereocenters. The maximum atomic E-state index is 12.6. The van der Waals surface area contributed by atoms with Crippen LogP contribution in [0.25, 0.3) is 0 Å². The van der Waals surface area contributed by atoms with Gasteiger partial charge in [-0.15, -0.1) is 0 Å². The summed E-state index contributed by atoms with van der Waals surface area (Å²) >= 11 is 3.33. The van der Waals surface area contributed by atoms with Crippen molar-refractivity contribution in [3.8, 4) is 11.5 Å². The molecule has 1 aromatic carbocycles. The zero-order valence-electron chi connectivity index (χ0n) is 13.0. The number of methoxy groups -OCH3 is 2. The van der Waals surface area contributed by atoms with Crippen LogP contribution in [0.4, 0.5) is 0 Å². The van der Waals surface area contributed by atoms with Gasteiger partial charge in [0, 0.05) is 23.8 Å². The van der Waals surface area contributed by atoms with E-state index in [0.29, 0.717) is 24.5 Å². The molecule has 0 N–H and O–H groups in total. The van der Waals surface area contributed by atoms with E-state index < -0.39 is 0 Å². The first-order valence-corrected chi connectivity index (χ1v) is 8.06. The van der Waals surface area contributed by atoms with Crippen molar-refractivity contribution in [3.05, 3.63) is 51.8 Å². The molecule has 2 aromatic rings. The van der Waals surface area contributed by atoms with Crippen LogP contribution in [-0.4, -0.2) is 36.6 Å². The van der Waals surface area contributed by atoms with Crippen molar-refractivity contribution in [1.29, 1.82) is 0 Å². The number of carbonyl (C=O) groups is 1. The van der Waals surface area contributed by atoms with E-state index >= 15 is 0 Å². The number of amides is 1. The summed E-state index contributed by atoms with van der Waals surface area (Å²) in [5.41, 5.74) is 2.73. The molecule has 6 heteroatoms. The van der Waals surface area contributed by atoms with Crippen molar-refractivity contribution in [2.75, 3.05) is 20.8 Å². The van der Waals surface area contributed by atoms with Gasteiger partial charge in [-0.25, -0.2) is 4.98 Å². The molecule has 0 saturated carbocycles. The van der Waals surface area contributed by atoms with Crippen molar-refractivity contribution in [2.24, 2.45) is 0 Å². The van der Waals surface area contributed by atoms with E-state index in [-0.39, 0.29) is 5.91 Å². The Hall–Kier alpha value is -2.08. The van der Waals surface area contributed by atoms with Crippen molar-refractivity contribution < 1.29 is 14.3 Å². The van der Waals surface area contributed by atoms with Gasteiger partial charge in [-0.2, -0.15) is 0 Å². The lowest BCUT2D eigenvalue weighted by molar-refractivity contribution is 0.0728. The molecule has 2 heterocycles. The number of hydrogen-bond acceptors (Lipinski definition) is 4. The molecular formula is C17H17BrN2O3. The number of rotatable bonds is 3. The summed E-state index contributed by atoms with van der Waals surface area (Å²) in [4.78, 5) is 18.6. The molecule has 0 saturated heterocycles. The van der Waals surface area contributed by atoms with Gasteiger partial charge in [-0.1, -0.05) is 0 Å². The summed E-state index contributed by atoms with van der Waals surface area (Å²) in [6, 6.07) is 7.50. The monoisotopic (exact) mass is 376 g/mol. The predicted octanol–water partition coefficient (Wildman–Crippen LogP) is 3.06. The third kappa shape index (κ3) is 3.17. The number of carbonyl (C=O) groups excluding carboxylic acids is 1. The zero-order valence-corrected chi connectivity index (χ0v) is 14.6. The van der Waals surface area contributed by atoms with Crippen molar-refractivity contribution in [2.45, 2.75) is 13.0 Å². The van der Waals surface area contributed by atoms with E-state index in [9.17, 15) is 4.79 Å². The number of fused-ring (bicyclic) bond motifs is 1. The molecule has 0 unspecified atom stereocenters. The first kappa shape index (κ1) is 15.8. The van der Waals surface area contributed by atoms with E-state index in [0.717, 1.165) is 22.2 Å². The standard InChI is InChI=1S/C17H17BrN2O3/c1-22-15-7-11-5-6-20(10-12(11)8-16(15)23-2)17(21)14-4-3-13(18)9-19-14/h3-4,7-9H,5-6,10H2,1-2H3. The quantitative estimate of drug-likeness (QED) is 0.825. The van der Waals surface area contributed by atoms with Crippen molar-refractivity contribution in [3.63, 3.8) is 0 Å². The van der Waals surface area contributed by atoms with Gasteiger partial charge in [0.05, 0.1) is 14.2 Å². The number of nitrogens with zero attached hydrogens (tertiary/aromatic N) is 2. The van der Waals surface area contributed by atoms with Crippen molar-refractivity contribution >= 4 is 21.8 Å². The second-order valence-electron chi connectivity index (χ2n) is 5.31. The number of benzene rings is 1. The second-order valence-corrected chi connectivity index (χ2v) is 6.23. The average Bonchev–Trinajstić information content (AvgIpc) is 2.60. The molecule has 1 aliphatic rings. The van der Waals surface area contributed by atoms with Gasteiger partial charge < -0.3 is 14.4 Å². The van der Waals surface area contributed by atoms with E-state index in [1.807, 2.05) is 23.1 Å². The molecule has 0 fully saturated rings. The third-order valence-electron chi connectivity index (χ3n) is 3.95. The molecule has 120 valence electrons. The number of aromatic nitrogens is 1. The van der Waals surface area contributed by atoms with E-state index in [1.54, 1.807) is 26.5 Å². The minimum atomic E-state index is -0.0575. The van der Waals surface area contributed by atoms with Crippen molar-refractivity contribution in [1.82, 2.24) is 9.88 Å². The van der Waals surface area contributed by atoms with Crippen LogP contribution in [0.5, 0.6) is 11.5 Å². The lowest BCUT2D eigenvalue weighted by atomic mass is 9.98. The number of ether oxygens (including phenoxy) is 2. The fraction of sp³-hybridized carbons (Fsp3) is 0.294. The first-order chi connectivity index (χ1) is 11.1. The van der Waals surface area contributed by atoms with Gasteiger partial charge >= 0.3 is 0 Å². The topological polar surface area (TPSA) is 51.7 Å². The van der Waals surface area contributed by atoms with Crippen LogP contribution < -0.4 is 9.47 Å². The van der Waals surface area contributed by atoms with E-state index in [4.69, 9.17) is 9.47 Å². The highest BCUT2D eigenvalue weighted by molar-refractivity contribution is 9.10. The Morgan fingerprint density at radius 2 is 1.87 bits per heavy atom. The highest BCUT2D eigenvalue weighted by Crippen LogP contribution is 2.33.